The van der Waals surface area contributed by atoms with Crippen molar-refractivity contribution in [1.82, 2.24) is 25.2 Å². The van der Waals surface area contributed by atoms with Gasteiger partial charge in [-0.2, -0.15) is 5.10 Å². The number of carbonyl (C=O) groups is 2. The molecular weight excluding hydrogens is 498 g/mol. The third-order valence-electron chi connectivity index (χ3n) is 5.81. The van der Waals surface area contributed by atoms with E-state index >= 15 is 0 Å². The molecule has 0 unspecified atom stereocenters. The summed E-state index contributed by atoms with van der Waals surface area (Å²) in [6.45, 7) is 6.10. The second kappa shape index (κ2) is 10.3. The van der Waals surface area contributed by atoms with Crippen molar-refractivity contribution in [2.75, 3.05) is 17.7 Å². The Morgan fingerprint density at radius 1 is 0.974 bits per heavy atom. The molecule has 3 N–H and O–H groups in total. The van der Waals surface area contributed by atoms with Crippen molar-refractivity contribution in [3.8, 4) is 22.8 Å². The highest BCUT2D eigenvalue weighted by Gasteiger charge is 2.21. The summed E-state index contributed by atoms with van der Waals surface area (Å²) in [6.07, 6.45) is 4.95. The Morgan fingerprint density at radius 2 is 1.77 bits per heavy atom. The molecule has 0 spiro atoms. The Bertz CT molecular complexity index is 1650. The molecule has 3 heterocycles. The molecule has 0 bridgehead atoms. The Morgan fingerprint density at radius 3 is 2.51 bits per heavy atom. The van der Waals surface area contributed by atoms with Crippen LogP contribution < -0.4 is 20.7 Å². The molecule has 2 aromatic carbocycles. The van der Waals surface area contributed by atoms with E-state index in [-0.39, 0.29) is 17.1 Å². The maximum atomic E-state index is 12.9. The number of benzene rings is 2. The first-order valence-electron chi connectivity index (χ1n) is 12.2. The summed E-state index contributed by atoms with van der Waals surface area (Å²) in [7, 11) is 1.54. The van der Waals surface area contributed by atoms with Crippen LogP contribution in [0.2, 0.25) is 0 Å². The van der Waals surface area contributed by atoms with Crippen LogP contribution in [0.1, 0.15) is 31.3 Å². The summed E-state index contributed by atoms with van der Waals surface area (Å²) in [5.74, 6) is 0.698. The first-order valence-corrected chi connectivity index (χ1v) is 12.2. The van der Waals surface area contributed by atoms with Gasteiger partial charge >= 0.3 is 6.03 Å². The van der Waals surface area contributed by atoms with E-state index in [9.17, 15) is 9.59 Å². The van der Waals surface area contributed by atoms with Gasteiger partial charge in [-0.3, -0.25) is 14.5 Å². The van der Waals surface area contributed by atoms with Crippen LogP contribution in [0.5, 0.6) is 11.5 Å². The van der Waals surface area contributed by atoms with Gasteiger partial charge in [-0.15, -0.1) is 0 Å². The van der Waals surface area contributed by atoms with Crippen molar-refractivity contribution in [3.05, 3.63) is 78.9 Å². The lowest BCUT2D eigenvalue weighted by atomic mass is 10.1. The van der Waals surface area contributed by atoms with Crippen molar-refractivity contribution >= 4 is 34.3 Å². The van der Waals surface area contributed by atoms with Gasteiger partial charge in [0.1, 0.15) is 22.9 Å². The molecule has 0 aliphatic heterocycles. The van der Waals surface area contributed by atoms with E-state index in [2.05, 4.69) is 26.1 Å². The lowest BCUT2D eigenvalue weighted by Gasteiger charge is -2.18. The highest BCUT2D eigenvalue weighted by molar-refractivity contribution is 6.02. The van der Waals surface area contributed by atoms with Crippen molar-refractivity contribution in [2.45, 2.75) is 26.3 Å². The molecular formula is C28H27N7O4. The number of carbonyl (C=O) groups excluding carboxylic acids is 2. The van der Waals surface area contributed by atoms with Crippen LogP contribution in [0.25, 0.3) is 22.2 Å². The fourth-order valence-corrected chi connectivity index (χ4v) is 3.80. The number of hydrogen-bond donors (Lipinski definition) is 3. The Labute approximate surface area is 224 Å². The number of rotatable bonds is 6. The van der Waals surface area contributed by atoms with E-state index in [1.807, 2.05) is 49.8 Å². The minimum atomic E-state index is -0.422. The summed E-state index contributed by atoms with van der Waals surface area (Å²) in [4.78, 5) is 28.8. The number of ether oxygens (including phenoxy) is 1. The predicted octanol–water partition coefficient (Wildman–Crippen LogP) is 5.64. The van der Waals surface area contributed by atoms with Gasteiger partial charge in [0.05, 0.1) is 17.4 Å². The number of nitrogens with one attached hydrogen (secondary N) is 3. The molecule has 0 fully saturated rings. The first-order chi connectivity index (χ1) is 18.7. The minimum Gasteiger partial charge on any atom is -0.457 e. The maximum absolute atomic E-state index is 12.9. The molecule has 11 nitrogen and oxygen atoms in total. The lowest BCUT2D eigenvalue weighted by Crippen LogP contribution is -2.22. The highest BCUT2D eigenvalue weighted by Crippen LogP contribution is 2.31. The van der Waals surface area contributed by atoms with E-state index in [1.54, 1.807) is 42.6 Å². The average molecular weight is 526 g/mol. The quantitative estimate of drug-likeness (QED) is 0.261. The first kappa shape index (κ1) is 25.5. The van der Waals surface area contributed by atoms with Gasteiger partial charge in [0.25, 0.3) is 5.91 Å². The average Bonchev–Trinajstić information content (AvgIpc) is 3.56. The van der Waals surface area contributed by atoms with Gasteiger partial charge in [0, 0.05) is 42.1 Å². The van der Waals surface area contributed by atoms with E-state index in [0.717, 1.165) is 10.9 Å². The van der Waals surface area contributed by atoms with E-state index in [1.165, 1.54) is 13.2 Å². The topological polar surface area (TPSA) is 136 Å². The minimum absolute atomic E-state index is 0.250. The summed E-state index contributed by atoms with van der Waals surface area (Å²) in [6, 6.07) is 15.3. The molecule has 5 rings (SSSR count). The van der Waals surface area contributed by atoms with E-state index in [4.69, 9.17) is 14.4 Å². The maximum Gasteiger partial charge on any atom is 0.323 e. The third-order valence-corrected chi connectivity index (χ3v) is 5.81. The molecule has 198 valence electrons. The van der Waals surface area contributed by atoms with Crippen LogP contribution in [0.4, 0.5) is 16.2 Å². The smallest absolute Gasteiger partial charge is 0.323 e. The largest absolute Gasteiger partial charge is 0.457 e. The SMILES string of the molecule is CNC(=O)c1cc(Oc2ccc(NC(=O)Nc3cn(C(C)(C)C)nc3-c3ccc4oncc4c3)cc2)ccn1. The zero-order chi connectivity index (χ0) is 27.6. The second-order valence-corrected chi connectivity index (χ2v) is 9.75. The lowest BCUT2D eigenvalue weighted by molar-refractivity contribution is 0.0957. The van der Waals surface area contributed by atoms with Gasteiger partial charge in [0.2, 0.25) is 0 Å². The summed E-state index contributed by atoms with van der Waals surface area (Å²) < 4.78 is 12.8. The van der Waals surface area contributed by atoms with Crippen LogP contribution in [0, 0.1) is 0 Å². The van der Waals surface area contributed by atoms with Crippen molar-refractivity contribution in [2.24, 2.45) is 0 Å². The molecule has 0 atom stereocenters. The van der Waals surface area contributed by atoms with Crippen molar-refractivity contribution in [3.63, 3.8) is 0 Å². The van der Waals surface area contributed by atoms with Gasteiger partial charge in [0.15, 0.2) is 5.58 Å². The van der Waals surface area contributed by atoms with Crippen LogP contribution in [0.15, 0.2) is 77.7 Å². The molecule has 0 aliphatic rings. The van der Waals surface area contributed by atoms with Crippen LogP contribution in [-0.2, 0) is 5.54 Å². The van der Waals surface area contributed by atoms with Crippen LogP contribution in [0.3, 0.4) is 0 Å². The molecule has 39 heavy (non-hydrogen) atoms. The summed E-state index contributed by atoms with van der Waals surface area (Å²) >= 11 is 0. The molecule has 3 aromatic heterocycles. The Balaban J connectivity index is 1.30. The van der Waals surface area contributed by atoms with E-state index < -0.39 is 6.03 Å². The number of amides is 3. The molecule has 0 radical (unpaired) electrons. The zero-order valence-electron chi connectivity index (χ0n) is 21.9. The fraction of sp³-hybridized carbons (Fsp3) is 0.179. The van der Waals surface area contributed by atoms with Crippen LogP contribution in [-0.4, -0.2) is 38.9 Å². The molecule has 5 aromatic rings. The normalized spacial score (nSPS) is 11.3. The standard InChI is InChI=1S/C28H27N7O4/c1-28(2,3)35-16-23(25(34-35)17-5-10-24-18(13-17)15-31-39-24)33-27(37)32-19-6-8-20(9-7-19)38-21-11-12-30-22(14-21)26(36)29-4/h5-16H,1-4H3,(H,29,36)(H2,32,33,37). The van der Waals surface area contributed by atoms with Crippen molar-refractivity contribution in [1.29, 1.82) is 0 Å². The van der Waals surface area contributed by atoms with Gasteiger partial charge < -0.3 is 25.2 Å². The highest BCUT2D eigenvalue weighted by atomic mass is 16.5. The number of anilines is 2. The molecule has 0 saturated carbocycles. The predicted molar refractivity (Wildman–Crippen MR) is 147 cm³/mol. The van der Waals surface area contributed by atoms with Crippen LogP contribution >= 0.6 is 0 Å². The van der Waals surface area contributed by atoms with Gasteiger partial charge in [-0.05, 0) is 69.3 Å². The zero-order valence-corrected chi connectivity index (χ0v) is 21.9. The summed E-state index contributed by atoms with van der Waals surface area (Å²) in [5, 5.41) is 17.7. The van der Waals surface area contributed by atoms with Gasteiger partial charge in [-0.1, -0.05) is 5.16 Å². The number of hydrogen-bond acceptors (Lipinski definition) is 7. The number of nitrogens with zero attached hydrogens (tertiary/aromatic N) is 4. The molecule has 0 saturated heterocycles. The number of aromatic nitrogens is 4. The van der Waals surface area contributed by atoms with Crippen molar-refractivity contribution < 1.29 is 18.8 Å². The number of pyridine rings is 1. The molecule has 0 aliphatic carbocycles. The van der Waals surface area contributed by atoms with Gasteiger partial charge in [-0.25, -0.2) is 4.79 Å². The fourth-order valence-electron chi connectivity index (χ4n) is 3.80. The Kier molecular flexibility index (Phi) is 6.72. The van der Waals surface area contributed by atoms with E-state index in [0.29, 0.717) is 34.2 Å². The third kappa shape index (κ3) is 5.72. The number of urea groups is 1. The molecule has 11 heteroatoms. The summed E-state index contributed by atoms with van der Waals surface area (Å²) in [5.41, 5.74) is 3.20. The molecule has 3 amide bonds. The number of fused-ring (bicyclic) bond motifs is 1. The monoisotopic (exact) mass is 525 g/mol. The second-order valence-electron chi connectivity index (χ2n) is 9.75. The Hall–Kier alpha value is -5.19.